The van der Waals surface area contributed by atoms with E-state index < -0.39 is 18.1 Å². The van der Waals surface area contributed by atoms with Crippen LogP contribution in [0.4, 0.5) is 0 Å². The summed E-state index contributed by atoms with van der Waals surface area (Å²) in [5, 5.41) is 11.6. The Labute approximate surface area is 110 Å². The Morgan fingerprint density at radius 3 is 2.44 bits per heavy atom. The first-order valence-corrected chi connectivity index (χ1v) is 6.88. The van der Waals surface area contributed by atoms with Gasteiger partial charge in [-0.05, 0) is 5.92 Å². The van der Waals surface area contributed by atoms with Crippen LogP contribution in [0.2, 0.25) is 0 Å². The molecule has 102 valence electrons. The zero-order valence-electron chi connectivity index (χ0n) is 10.7. The highest BCUT2D eigenvalue weighted by molar-refractivity contribution is 7.99. The van der Waals surface area contributed by atoms with Crippen molar-refractivity contribution < 1.29 is 19.5 Å². The maximum Gasteiger partial charge on any atom is 0.327 e. The molecule has 2 N–H and O–H groups in total. The third kappa shape index (κ3) is 3.38. The Kier molecular flexibility index (Phi) is 5.01. The highest BCUT2D eigenvalue weighted by atomic mass is 32.2. The van der Waals surface area contributed by atoms with Crippen molar-refractivity contribution in [2.45, 2.75) is 32.9 Å². The van der Waals surface area contributed by atoms with E-state index in [4.69, 9.17) is 5.11 Å². The minimum Gasteiger partial charge on any atom is -0.480 e. The lowest BCUT2D eigenvalue weighted by Crippen LogP contribution is -2.53. The second-order valence-corrected chi connectivity index (χ2v) is 5.58. The summed E-state index contributed by atoms with van der Waals surface area (Å²) in [4.78, 5) is 35.7. The predicted octanol–water partition coefficient (Wildman–Crippen LogP) is 0.133. The molecule has 2 amide bonds. The monoisotopic (exact) mass is 274 g/mol. The molecule has 0 radical (unpaired) electrons. The van der Waals surface area contributed by atoms with E-state index in [1.807, 2.05) is 13.8 Å². The van der Waals surface area contributed by atoms with Crippen LogP contribution >= 0.6 is 11.8 Å². The number of thioether (sulfide) groups is 1. The molecule has 1 heterocycles. The Hall–Kier alpha value is -1.24. The number of carboxylic acid groups (broad SMARTS) is 1. The molecule has 7 heteroatoms. The molecule has 2 unspecified atom stereocenters. The fraction of sp³-hybridized carbons (Fsp3) is 0.727. The van der Waals surface area contributed by atoms with Gasteiger partial charge in [-0.3, -0.25) is 9.59 Å². The predicted molar refractivity (Wildman–Crippen MR) is 68.0 cm³/mol. The van der Waals surface area contributed by atoms with Crippen LogP contribution in [0.3, 0.4) is 0 Å². The van der Waals surface area contributed by atoms with E-state index in [1.54, 1.807) is 0 Å². The molecule has 0 bridgehead atoms. The maximum absolute atomic E-state index is 12.3. The molecule has 0 spiro atoms. The number of amides is 2. The van der Waals surface area contributed by atoms with Gasteiger partial charge in [0.1, 0.15) is 12.1 Å². The van der Waals surface area contributed by atoms with Crippen molar-refractivity contribution in [2.75, 3.05) is 11.6 Å². The van der Waals surface area contributed by atoms with Crippen LogP contribution in [-0.2, 0) is 14.4 Å². The summed E-state index contributed by atoms with van der Waals surface area (Å²) in [6.45, 7) is 4.98. The largest absolute Gasteiger partial charge is 0.480 e. The average Bonchev–Trinajstić information content (AvgIpc) is 2.73. The smallest absolute Gasteiger partial charge is 0.327 e. The van der Waals surface area contributed by atoms with Crippen molar-refractivity contribution in [1.82, 2.24) is 10.2 Å². The summed E-state index contributed by atoms with van der Waals surface area (Å²) in [6, 6.07) is -1.46. The Bertz CT molecular complexity index is 355. The number of carbonyl (C=O) groups excluding carboxylic acids is 2. The second kappa shape index (κ2) is 6.08. The standard InChI is InChI=1S/C11H18N2O4S/c1-6(2)9(12-7(3)14)10(15)13-5-18-4-8(13)11(16)17/h6,8-9H,4-5H2,1-3H3,(H,12,14)(H,16,17). The summed E-state index contributed by atoms with van der Waals surface area (Å²) in [5.74, 6) is -0.941. The minimum absolute atomic E-state index is 0.0820. The fourth-order valence-corrected chi connectivity index (χ4v) is 2.93. The van der Waals surface area contributed by atoms with Crippen LogP contribution < -0.4 is 5.32 Å². The van der Waals surface area contributed by atoms with Crippen molar-refractivity contribution in [3.8, 4) is 0 Å². The van der Waals surface area contributed by atoms with E-state index in [0.29, 0.717) is 11.6 Å². The molecular weight excluding hydrogens is 256 g/mol. The topological polar surface area (TPSA) is 86.7 Å². The van der Waals surface area contributed by atoms with Crippen LogP contribution in [0, 0.1) is 5.92 Å². The number of hydrogen-bond acceptors (Lipinski definition) is 4. The first-order chi connectivity index (χ1) is 8.34. The third-order valence-corrected chi connectivity index (χ3v) is 3.75. The summed E-state index contributed by atoms with van der Waals surface area (Å²) in [6.07, 6.45) is 0. The quantitative estimate of drug-likeness (QED) is 0.761. The third-order valence-electron chi connectivity index (χ3n) is 2.74. The summed E-state index contributed by atoms with van der Waals surface area (Å²) >= 11 is 1.41. The van der Waals surface area contributed by atoms with Crippen molar-refractivity contribution in [3.63, 3.8) is 0 Å². The molecule has 1 aliphatic heterocycles. The zero-order valence-corrected chi connectivity index (χ0v) is 11.5. The molecule has 0 aromatic heterocycles. The van der Waals surface area contributed by atoms with Gasteiger partial charge in [-0.2, -0.15) is 0 Å². The number of nitrogens with zero attached hydrogens (tertiary/aromatic N) is 1. The Morgan fingerprint density at radius 1 is 1.39 bits per heavy atom. The van der Waals surface area contributed by atoms with Crippen LogP contribution in [0.25, 0.3) is 0 Å². The highest BCUT2D eigenvalue weighted by Gasteiger charge is 2.38. The normalized spacial score (nSPS) is 20.9. The maximum atomic E-state index is 12.3. The van der Waals surface area contributed by atoms with Crippen molar-refractivity contribution in [3.05, 3.63) is 0 Å². The first kappa shape index (κ1) is 14.8. The summed E-state index contributed by atoms with van der Waals surface area (Å²) < 4.78 is 0. The first-order valence-electron chi connectivity index (χ1n) is 5.72. The van der Waals surface area contributed by atoms with Gasteiger partial charge in [0.25, 0.3) is 0 Å². The van der Waals surface area contributed by atoms with Crippen molar-refractivity contribution >= 4 is 29.5 Å². The van der Waals surface area contributed by atoms with E-state index in [-0.39, 0.29) is 17.7 Å². The number of carboxylic acids is 1. The lowest BCUT2D eigenvalue weighted by atomic mass is 10.0. The van der Waals surface area contributed by atoms with Crippen molar-refractivity contribution in [1.29, 1.82) is 0 Å². The molecule has 18 heavy (non-hydrogen) atoms. The van der Waals surface area contributed by atoms with Gasteiger partial charge < -0.3 is 15.3 Å². The van der Waals surface area contributed by atoms with Gasteiger partial charge in [-0.1, -0.05) is 13.8 Å². The van der Waals surface area contributed by atoms with Gasteiger partial charge in [0.2, 0.25) is 11.8 Å². The lowest BCUT2D eigenvalue weighted by Gasteiger charge is -2.28. The highest BCUT2D eigenvalue weighted by Crippen LogP contribution is 2.23. The average molecular weight is 274 g/mol. The molecule has 1 fully saturated rings. The Balaban J connectivity index is 2.82. The van der Waals surface area contributed by atoms with Gasteiger partial charge >= 0.3 is 5.97 Å². The second-order valence-electron chi connectivity index (χ2n) is 4.58. The fourth-order valence-electron chi connectivity index (χ4n) is 1.78. The lowest BCUT2D eigenvalue weighted by molar-refractivity contribution is -0.149. The van der Waals surface area contributed by atoms with Gasteiger partial charge in [-0.15, -0.1) is 11.8 Å². The number of hydrogen-bond donors (Lipinski definition) is 2. The molecule has 6 nitrogen and oxygen atoms in total. The SMILES string of the molecule is CC(=O)NC(C(=O)N1CSCC1C(=O)O)C(C)C. The molecule has 2 atom stereocenters. The van der Waals surface area contributed by atoms with E-state index in [9.17, 15) is 14.4 Å². The van der Waals surface area contributed by atoms with Gasteiger partial charge in [0, 0.05) is 12.7 Å². The van der Waals surface area contributed by atoms with Gasteiger partial charge in [0.15, 0.2) is 0 Å². The summed E-state index contributed by atoms with van der Waals surface area (Å²) in [5.41, 5.74) is 0. The van der Waals surface area contributed by atoms with E-state index in [1.165, 1.54) is 23.6 Å². The number of nitrogens with one attached hydrogen (secondary N) is 1. The van der Waals surface area contributed by atoms with Crippen LogP contribution in [0.15, 0.2) is 0 Å². The zero-order chi connectivity index (χ0) is 13.9. The molecule has 1 saturated heterocycles. The number of carbonyl (C=O) groups is 3. The molecule has 1 rings (SSSR count). The van der Waals surface area contributed by atoms with E-state index in [0.717, 1.165) is 0 Å². The van der Waals surface area contributed by atoms with Crippen molar-refractivity contribution in [2.24, 2.45) is 5.92 Å². The van der Waals surface area contributed by atoms with E-state index >= 15 is 0 Å². The Morgan fingerprint density at radius 2 is 2.00 bits per heavy atom. The van der Waals surface area contributed by atoms with E-state index in [2.05, 4.69) is 5.32 Å². The van der Waals surface area contributed by atoms with Crippen LogP contribution in [-0.4, -0.2) is 51.5 Å². The summed E-state index contributed by atoms with van der Waals surface area (Å²) in [7, 11) is 0. The van der Waals surface area contributed by atoms with Crippen LogP contribution in [0.1, 0.15) is 20.8 Å². The molecule has 0 aromatic carbocycles. The molecule has 0 saturated carbocycles. The molecule has 0 aliphatic carbocycles. The van der Waals surface area contributed by atoms with Crippen LogP contribution in [0.5, 0.6) is 0 Å². The van der Waals surface area contributed by atoms with Gasteiger partial charge in [-0.25, -0.2) is 4.79 Å². The minimum atomic E-state index is -1.00. The van der Waals surface area contributed by atoms with Gasteiger partial charge in [0.05, 0.1) is 5.88 Å². The molecule has 1 aliphatic rings. The molecular formula is C11H18N2O4S. The number of rotatable bonds is 4. The number of aliphatic carboxylic acids is 1. The molecule has 0 aromatic rings.